The van der Waals surface area contributed by atoms with Gasteiger partial charge >= 0.3 is 11.9 Å². The monoisotopic (exact) mass is 795 g/mol. The Morgan fingerprint density at radius 2 is 1.61 bits per heavy atom. The molecule has 1 saturated heterocycles. The van der Waals surface area contributed by atoms with Crippen molar-refractivity contribution in [3.05, 3.63) is 12.2 Å². The number of carbonyl (C=O) groups excluding carboxylic acids is 5. The molecular formula is C43H80N5O8+. The topological polar surface area (TPSA) is 155 Å². The van der Waals surface area contributed by atoms with E-state index in [1.807, 2.05) is 74.6 Å². The van der Waals surface area contributed by atoms with Crippen molar-refractivity contribution in [1.82, 2.24) is 20.4 Å². The zero-order valence-corrected chi connectivity index (χ0v) is 37.1. The van der Waals surface area contributed by atoms with Crippen LogP contribution in [0.2, 0.25) is 0 Å². The second-order valence-electron chi connectivity index (χ2n) is 18.1. The second-order valence-corrected chi connectivity index (χ2v) is 18.1. The quantitative estimate of drug-likeness (QED) is 0.0465. The molecule has 0 aromatic carbocycles. The molecule has 3 amide bonds. The summed E-state index contributed by atoms with van der Waals surface area (Å²) in [5.41, 5.74) is -1.68. The molecule has 0 radical (unpaired) electrons. The third kappa shape index (κ3) is 18.5. The summed E-state index contributed by atoms with van der Waals surface area (Å²) in [6, 6.07) is -0.216. The molecule has 1 fully saturated rings. The van der Waals surface area contributed by atoms with E-state index in [1.54, 1.807) is 6.92 Å². The lowest BCUT2D eigenvalue weighted by Crippen LogP contribution is -2.51. The number of quaternary nitrogens is 1. The van der Waals surface area contributed by atoms with Crippen molar-refractivity contribution in [3.8, 4) is 0 Å². The number of likely N-dealkylation sites (N-methyl/N-ethyl adjacent to an activating group) is 1. The van der Waals surface area contributed by atoms with Gasteiger partial charge in [0, 0.05) is 54.9 Å². The number of carbonyl (C=O) groups is 5. The van der Waals surface area contributed by atoms with Gasteiger partial charge < -0.3 is 39.5 Å². The lowest BCUT2D eigenvalue weighted by molar-refractivity contribution is -0.893. The molecule has 56 heavy (non-hydrogen) atoms. The van der Waals surface area contributed by atoms with Crippen molar-refractivity contribution < 1.29 is 43.0 Å². The summed E-state index contributed by atoms with van der Waals surface area (Å²) < 4.78 is 11.0. The fourth-order valence-electron chi connectivity index (χ4n) is 7.73. The van der Waals surface area contributed by atoms with E-state index in [9.17, 15) is 29.1 Å². The number of esters is 2. The van der Waals surface area contributed by atoms with Gasteiger partial charge in [0.05, 0.1) is 33.2 Å². The molecule has 1 rings (SSSR count). The maximum absolute atomic E-state index is 14.5. The van der Waals surface area contributed by atoms with Gasteiger partial charge in [0.15, 0.2) is 0 Å². The minimum absolute atomic E-state index is 0.0490. The minimum Gasteiger partial charge on any atom is -0.465 e. The van der Waals surface area contributed by atoms with Crippen LogP contribution in [0.5, 0.6) is 0 Å². The molecule has 0 saturated carbocycles. The fraction of sp³-hybridized carbons (Fsp3) is 0.837. The van der Waals surface area contributed by atoms with E-state index in [0.29, 0.717) is 75.9 Å². The van der Waals surface area contributed by atoms with Crippen LogP contribution in [0.3, 0.4) is 0 Å². The number of likely N-dealkylation sites (tertiary alicyclic amines) is 1. The summed E-state index contributed by atoms with van der Waals surface area (Å²) in [5, 5.41) is 16.9. The Labute approximate surface area is 339 Å². The van der Waals surface area contributed by atoms with Crippen LogP contribution in [-0.4, -0.2) is 142 Å². The Kier molecular flexibility index (Phi) is 22.5. The largest absolute Gasteiger partial charge is 0.465 e. The molecule has 6 unspecified atom stereocenters. The number of nitrogens with zero attached hydrogens (tertiary/aromatic N) is 3. The van der Waals surface area contributed by atoms with E-state index in [2.05, 4.69) is 22.1 Å². The van der Waals surface area contributed by atoms with Crippen molar-refractivity contribution in [2.75, 3.05) is 80.7 Å². The zero-order chi connectivity index (χ0) is 42.7. The van der Waals surface area contributed by atoms with Gasteiger partial charge in [-0.25, -0.2) is 4.79 Å². The lowest BCUT2D eigenvalue weighted by atomic mass is 9.66. The predicted molar refractivity (Wildman–Crippen MR) is 221 cm³/mol. The van der Waals surface area contributed by atoms with E-state index >= 15 is 0 Å². The van der Waals surface area contributed by atoms with Crippen molar-refractivity contribution in [2.24, 2.45) is 22.7 Å². The van der Waals surface area contributed by atoms with Gasteiger partial charge in [-0.05, 0) is 91.8 Å². The van der Waals surface area contributed by atoms with Crippen molar-refractivity contribution >= 4 is 29.7 Å². The first kappa shape index (κ1) is 51.0. The third-order valence-corrected chi connectivity index (χ3v) is 11.3. The van der Waals surface area contributed by atoms with E-state index in [1.165, 1.54) is 0 Å². The van der Waals surface area contributed by atoms with E-state index in [-0.39, 0.29) is 60.2 Å². The van der Waals surface area contributed by atoms with Crippen LogP contribution in [0.15, 0.2) is 12.2 Å². The Balaban J connectivity index is 3.31. The highest BCUT2D eigenvalue weighted by molar-refractivity contribution is 5.87. The van der Waals surface area contributed by atoms with Crippen LogP contribution in [0.1, 0.15) is 119 Å². The summed E-state index contributed by atoms with van der Waals surface area (Å²) in [4.78, 5) is 70.5. The van der Waals surface area contributed by atoms with Crippen molar-refractivity contribution in [1.29, 1.82) is 0 Å². The summed E-state index contributed by atoms with van der Waals surface area (Å²) in [6.45, 7) is 20.5. The molecular weight excluding hydrogens is 715 g/mol. The average Bonchev–Trinajstić information content (AvgIpc) is 3.35. The van der Waals surface area contributed by atoms with E-state index in [0.717, 1.165) is 38.6 Å². The fourth-order valence-corrected chi connectivity index (χ4v) is 7.73. The molecule has 1 heterocycles. The molecule has 13 heteroatoms. The maximum Gasteiger partial charge on any atom is 0.333 e. The Morgan fingerprint density at radius 1 is 0.982 bits per heavy atom. The zero-order valence-electron chi connectivity index (χ0n) is 37.1. The van der Waals surface area contributed by atoms with Gasteiger partial charge in [-0.2, -0.15) is 0 Å². The Hall–Kier alpha value is -3.03. The number of aliphatic hydroxyl groups excluding tert-OH is 1. The first-order chi connectivity index (χ1) is 26.1. The molecule has 0 bridgehead atoms. The third-order valence-electron chi connectivity index (χ3n) is 11.3. The van der Waals surface area contributed by atoms with Gasteiger partial charge in [-0.1, -0.05) is 47.6 Å². The van der Waals surface area contributed by atoms with Crippen LogP contribution in [0, 0.1) is 22.7 Å². The van der Waals surface area contributed by atoms with Crippen LogP contribution in [0.25, 0.3) is 0 Å². The van der Waals surface area contributed by atoms with Crippen LogP contribution in [-0.2, 0) is 33.4 Å². The van der Waals surface area contributed by atoms with Crippen LogP contribution < -0.4 is 10.6 Å². The predicted octanol–water partition coefficient (Wildman–Crippen LogP) is 4.71. The van der Waals surface area contributed by atoms with Gasteiger partial charge in [0.2, 0.25) is 17.7 Å². The number of hydrogen-bond acceptors (Lipinski definition) is 9. The molecule has 1 aliphatic rings. The summed E-state index contributed by atoms with van der Waals surface area (Å²) >= 11 is 0. The number of aliphatic hydroxyl groups is 1. The van der Waals surface area contributed by atoms with E-state index < -0.39 is 22.9 Å². The van der Waals surface area contributed by atoms with Crippen molar-refractivity contribution in [2.45, 2.75) is 131 Å². The normalized spacial score (nSPS) is 18.1. The van der Waals surface area contributed by atoms with Gasteiger partial charge in [-0.15, -0.1) is 0 Å². The first-order valence-corrected chi connectivity index (χ1v) is 21.1. The number of ether oxygens (including phenoxy) is 2. The van der Waals surface area contributed by atoms with E-state index in [4.69, 9.17) is 9.47 Å². The van der Waals surface area contributed by atoms with Gasteiger partial charge in [0.1, 0.15) is 19.3 Å². The number of amides is 3. The summed E-state index contributed by atoms with van der Waals surface area (Å²) in [5.74, 6) is -1.34. The molecule has 3 N–H and O–H groups in total. The highest BCUT2D eigenvalue weighted by Gasteiger charge is 2.46. The minimum atomic E-state index is -1.01. The highest BCUT2D eigenvalue weighted by atomic mass is 16.5. The molecule has 1 aliphatic heterocycles. The Bertz CT molecular complexity index is 1270. The summed E-state index contributed by atoms with van der Waals surface area (Å²) in [6.07, 6.45) is 6.27. The van der Waals surface area contributed by atoms with Crippen LogP contribution >= 0.6 is 0 Å². The molecule has 13 nitrogen and oxygen atoms in total. The number of nitrogens with one attached hydrogen (secondary N) is 2. The molecule has 0 aromatic heterocycles. The van der Waals surface area contributed by atoms with Crippen molar-refractivity contribution in [3.63, 3.8) is 0 Å². The smallest absolute Gasteiger partial charge is 0.333 e. The van der Waals surface area contributed by atoms with Gasteiger partial charge in [0.25, 0.3) is 0 Å². The lowest BCUT2D eigenvalue weighted by Gasteiger charge is -2.41. The van der Waals surface area contributed by atoms with Gasteiger partial charge in [-0.3, -0.25) is 19.2 Å². The molecule has 0 aromatic rings. The second kappa shape index (κ2) is 24.7. The maximum atomic E-state index is 14.5. The SMILES string of the molecule is C=C(C)C(=O)OCC(O)C[N+](C)(C)CCCNC(=O)C(C)(CC(C)N1CCCCCC1=O)CC(C)(CCC(C)C(C)C(=O)OCCC)C(=O)NCCCN(C)C. The highest BCUT2D eigenvalue weighted by Crippen LogP contribution is 2.43. The molecule has 0 aliphatic carbocycles. The standard InChI is InChI=1S/C43H79N5O8/c1-13-27-55-39(52)35(6)33(4)20-21-42(7,40(53)44-22-17-24-46(9)10)31-43(8,28-34(5)47-25-16-14-15-19-37(47)50)41(54)45-23-18-26-48(11,12)29-36(49)30-56-38(51)32(2)3/h33-36,49H,2,13-31H2,1,3-12H3,(H-,44,45,53,54)/p+1. The number of rotatable bonds is 27. The first-order valence-electron chi connectivity index (χ1n) is 21.1. The molecule has 6 atom stereocenters. The number of hydrogen-bond donors (Lipinski definition) is 3. The molecule has 324 valence electrons. The Morgan fingerprint density at radius 3 is 2.21 bits per heavy atom. The summed E-state index contributed by atoms with van der Waals surface area (Å²) in [7, 11) is 7.94. The molecule has 0 spiro atoms. The van der Waals surface area contributed by atoms with Crippen LogP contribution in [0.4, 0.5) is 0 Å². The average molecular weight is 795 g/mol.